The second-order valence-corrected chi connectivity index (χ2v) is 1.62. The molecule has 0 saturated carbocycles. The van der Waals surface area contributed by atoms with E-state index in [0.29, 0.717) is 12.3 Å². The van der Waals surface area contributed by atoms with Crippen LogP contribution in [0.25, 0.3) is 0 Å². The molecule has 0 rings (SSSR count). The van der Waals surface area contributed by atoms with E-state index in [1.807, 2.05) is 0 Å². The highest BCUT2D eigenvalue weighted by molar-refractivity contribution is 5.82. The van der Waals surface area contributed by atoms with Crippen molar-refractivity contribution in [2.24, 2.45) is 5.73 Å². The van der Waals surface area contributed by atoms with Gasteiger partial charge in [-0.05, 0) is 6.92 Å². The molecule has 7 heavy (non-hydrogen) atoms. The van der Waals surface area contributed by atoms with Gasteiger partial charge in [0.1, 0.15) is 6.04 Å². The van der Waals surface area contributed by atoms with Gasteiger partial charge in [0.15, 0.2) is 0 Å². The summed E-state index contributed by atoms with van der Waals surface area (Å²) >= 11 is 0. The first kappa shape index (κ1) is 6.59. The van der Waals surface area contributed by atoms with Crippen LogP contribution in [0.1, 0.15) is 6.92 Å². The SMILES string of the molecule is CC(=N)C([NH3+])CN. The molecule has 0 aromatic heterocycles. The van der Waals surface area contributed by atoms with E-state index in [-0.39, 0.29) is 6.04 Å². The predicted octanol–water partition coefficient (Wildman–Crippen LogP) is -1.40. The van der Waals surface area contributed by atoms with Crippen LogP contribution in [0, 0.1) is 5.41 Å². The highest BCUT2D eigenvalue weighted by atomic mass is 14.7. The van der Waals surface area contributed by atoms with Gasteiger partial charge in [0, 0.05) is 0 Å². The van der Waals surface area contributed by atoms with E-state index < -0.39 is 0 Å². The average Bonchev–Trinajstić information content (AvgIpc) is 1.65. The number of hydrogen-bond donors (Lipinski definition) is 3. The van der Waals surface area contributed by atoms with Crippen molar-refractivity contribution in [3.63, 3.8) is 0 Å². The number of nitrogens with one attached hydrogen (secondary N) is 1. The molecule has 0 bridgehead atoms. The van der Waals surface area contributed by atoms with Crippen molar-refractivity contribution < 1.29 is 5.73 Å². The molecule has 0 radical (unpaired) electrons. The predicted molar refractivity (Wildman–Crippen MR) is 29.1 cm³/mol. The topological polar surface area (TPSA) is 77.5 Å². The average molecular weight is 102 g/mol. The van der Waals surface area contributed by atoms with Crippen LogP contribution in [-0.2, 0) is 0 Å². The van der Waals surface area contributed by atoms with Gasteiger partial charge in [-0.3, -0.25) is 0 Å². The molecule has 0 aromatic rings. The zero-order valence-electron chi connectivity index (χ0n) is 4.57. The summed E-state index contributed by atoms with van der Waals surface area (Å²) < 4.78 is 0. The van der Waals surface area contributed by atoms with E-state index >= 15 is 0 Å². The largest absolute Gasteiger partial charge is 0.349 e. The lowest BCUT2D eigenvalue weighted by Crippen LogP contribution is -2.67. The van der Waals surface area contributed by atoms with E-state index in [2.05, 4.69) is 5.73 Å². The second kappa shape index (κ2) is 2.71. The molecule has 0 fully saturated rings. The van der Waals surface area contributed by atoms with E-state index in [9.17, 15) is 0 Å². The summed E-state index contributed by atoms with van der Waals surface area (Å²) in [6.45, 7) is 2.19. The maximum atomic E-state index is 6.96. The third-order valence-electron chi connectivity index (χ3n) is 0.897. The van der Waals surface area contributed by atoms with Crippen molar-refractivity contribution in [1.29, 1.82) is 5.41 Å². The van der Waals surface area contributed by atoms with Crippen LogP contribution in [0.15, 0.2) is 0 Å². The third-order valence-corrected chi connectivity index (χ3v) is 0.897. The molecule has 1 atom stereocenters. The Kier molecular flexibility index (Phi) is 2.55. The first-order valence-electron chi connectivity index (χ1n) is 2.26. The summed E-state index contributed by atoms with van der Waals surface area (Å²) in [7, 11) is 0. The van der Waals surface area contributed by atoms with Gasteiger partial charge in [-0.25, -0.2) is 0 Å². The third kappa shape index (κ3) is 2.31. The van der Waals surface area contributed by atoms with Crippen molar-refractivity contribution in [2.75, 3.05) is 6.54 Å². The maximum Gasteiger partial charge on any atom is 0.135 e. The fraction of sp³-hybridized carbons (Fsp3) is 0.750. The van der Waals surface area contributed by atoms with Gasteiger partial charge >= 0.3 is 0 Å². The van der Waals surface area contributed by atoms with Crippen LogP contribution in [0.2, 0.25) is 0 Å². The number of quaternary nitrogens is 1. The molecule has 3 heteroatoms. The second-order valence-electron chi connectivity index (χ2n) is 1.62. The fourth-order valence-electron chi connectivity index (χ4n) is 0.177. The van der Waals surface area contributed by atoms with Crippen LogP contribution < -0.4 is 11.5 Å². The highest BCUT2D eigenvalue weighted by Gasteiger charge is 2.02. The minimum absolute atomic E-state index is 0.0139. The summed E-state index contributed by atoms with van der Waals surface area (Å²) in [5.74, 6) is 0. The molecule has 0 saturated heterocycles. The summed E-state index contributed by atoms with van der Waals surface area (Å²) in [5.41, 5.74) is 9.33. The van der Waals surface area contributed by atoms with Crippen LogP contribution >= 0.6 is 0 Å². The summed E-state index contributed by atoms with van der Waals surface area (Å²) in [4.78, 5) is 0. The number of hydrogen-bond acceptors (Lipinski definition) is 2. The highest BCUT2D eigenvalue weighted by Crippen LogP contribution is 1.70. The lowest BCUT2D eigenvalue weighted by molar-refractivity contribution is -0.391. The Morgan fingerprint density at radius 3 is 2.43 bits per heavy atom. The Balaban J connectivity index is 3.34. The Morgan fingerprint density at radius 2 is 2.43 bits per heavy atom. The molecule has 1 unspecified atom stereocenters. The zero-order valence-corrected chi connectivity index (χ0v) is 4.57. The minimum Gasteiger partial charge on any atom is -0.349 e. The van der Waals surface area contributed by atoms with Gasteiger partial charge in [-0.1, -0.05) is 0 Å². The Labute approximate surface area is 43.2 Å². The molecular formula is C4H12N3+. The first-order valence-corrected chi connectivity index (χ1v) is 2.26. The minimum atomic E-state index is 0.0139. The van der Waals surface area contributed by atoms with Crippen LogP contribution in [-0.4, -0.2) is 18.3 Å². The van der Waals surface area contributed by atoms with E-state index in [1.165, 1.54) is 0 Å². The molecular weight excluding hydrogens is 90.1 g/mol. The van der Waals surface area contributed by atoms with Gasteiger partial charge in [-0.15, -0.1) is 0 Å². The molecule has 3 nitrogen and oxygen atoms in total. The summed E-state index contributed by atoms with van der Waals surface area (Å²) in [6.07, 6.45) is 0. The molecule has 0 spiro atoms. The molecule has 0 aromatic carbocycles. The molecule has 42 valence electrons. The molecule has 0 aliphatic rings. The van der Waals surface area contributed by atoms with Gasteiger partial charge < -0.3 is 16.9 Å². The van der Waals surface area contributed by atoms with Crippen molar-refractivity contribution >= 4 is 5.71 Å². The molecule has 0 aliphatic heterocycles. The fourth-order valence-corrected chi connectivity index (χ4v) is 0.177. The van der Waals surface area contributed by atoms with Crippen LogP contribution in [0.5, 0.6) is 0 Å². The molecule has 0 amide bonds. The Hall–Kier alpha value is -0.410. The Morgan fingerprint density at radius 1 is 2.00 bits per heavy atom. The number of nitrogens with two attached hydrogens (primary N) is 1. The smallest absolute Gasteiger partial charge is 0.135 e. The van der Waals surface area contributed by atoms with Gasteiger partial charge in [-0.2, -0.15) is 0 Å². The summed E-state index contributed by atoms with van der Waals surface area (Å²) in [6, 6.07) is 0.0139. The molecule has 6 N–H and O–H groups in total. The van der Waals surface area contributed by atoms with Gasteiger partial charge in [0.25, 0.3) is 0 Å². The monoisotopic (exact) mass is 102 g/mol. The van der Waals surface area contributed by atoms with Crippen molar-refractivity contribution in [1.82, 2.24) is 0 Å². The van der Waals surface area contributed by atoms with Crippen molar-refractivity contribution in [3.8, 4) is 0 Å². The van der Waals surface area contributed by atoms with Crippen molar-refractivity contribution in [2.45, 2.75) is 13.0 Å². The number of rotatable bonds is 2. The van der Waals surface area contributed by atoms with Gasteiger partial charge in [0.2, 0.25) is 0 Å². The van der Waals surface area contributed by atoms with E-state index in [4.69, 9.17) is 11.1 Å². The first-order chi connectivity index (χ1) is 3.18. The van der Waals surface area contributed by atoms with E-state index in [1.54, 1.807) is 6.92 Å². The normalized spacial score (nSPS) is 13.6. The lowest BCUT2D eigenvalue weighted by atomic mass is 10.2. The van der Waals surface area contributed by atoms with Gasteiger partial charge in [0.05, 0.1) is 12.3 Å². The van der Waals surface area contributed by atoms with Crippen LogP contribution in [0.3, 0.4) is 0 Å². The Bertz CT molecular complexity index is 69.3. The quantitative estimate of drug-likeness (QED) is 0.368. The molecule has 0 aliphatic carbocycles. The lowest BCUT2D eigenvalue weighted by Gasteiger charge is -1.98. The summed E-state index contributed by atoms with van der Waals surface area (Å²) in [5, 5.41) is 6.96. The zero-order chi connectivity index (χ0) is 5.86. The standard InChI is InChI=1S/C4H11N3/c1-3(6)4(7)2-5/h4,6H,2,5,7H2,1H3/p+1. The van der Waals surface area contributed by atoms with Crippen molar-refractivity contribution in [3.05, 3.63) is 0 Å². The van der Waals surface area contributed by atoms with Crippen LogP contribution in [0.4, 0.5) is 0 Å². The van der Waals surface area contributed by atoms with E-state index in [0.717, 1.165) is 0 Å². The maximum absolute atomic E-state index is 6.96. The molecule has 0 heterocycles.